The lowest BCUT2D eigenvalue weighted by Gasteiger charge is -2.19. The van der Waals surface area contributed by atoms with Crippen LogP contribution in [0.5, 0.6) is 11.5 Å². The van der Waals surface area contributed by atoms with Gasteiger partial charge in [-0.1, -0.05) is 18.2 Å². The Morgan fingerprint density at radius 3 is 2.68 bits per heavy atom. The fourth-order valence-electron chi connectivity index (χ4n) is 2.74. The lowest BCUT2D eigenvalue weighted by atomic mass is 10.1. The quantitative estimate of drug-likeness (QED) is 0.714. The molecule has 6 nitrogen and oxygen atoms in total. The van der Waals surface area contributed by atoms with Crippen molar-refractivity contribution >= 4 is 5.65 Å². The van der Waals surface area contributed by atoms with Crippen molar-refractivity contribution in [2.45, 2.75) is 39.5 Å². The van der Waals surface area contributed by atoms with Crippen LogP contribution in [0.3, 0.4) is 0 Å². The summed E-state index contributed by atoms with van der Waals surface area (Å²) in [6.45, 7) is 6.73. The second-order valence-electron chi connectivity index (χ2n) is 6.20. The average Bonchev–Trinajstić information content (AvgIpc) is 3.04. The molecule has 0 saturated carbocycles. The van der Waals surface area contributed by atoms with Gasteiger partial charge in [0, 0.05) is 18.3 Å². The summed E-state index contributed by atoms with van der Waals surface area (Å²) in [6.07, 6.45) is 2.05. The highest BCUT2D eigenvalue weighted by atomic mass is 16.5. The third-order valence-corrected chi connectivity index (χ3v) is 3.96. The molecule has 0 saturated heterocycles. The van der Waals surface area contributed by atoms with Gasteiger partial charge in [0.25, 0.3) is 0 Å². The van der Waals surface area contributed by atoms with E-state index in [9.17, 15) is 0 Å². The van der Waals surface area contributed by atoms with Gasteiger partial charge in [0.1, 0.15) is 0 Å². The van der Waals surface area contributed by atoms with Gasteiger partial charge in [0.15, 0.2) is 23.0 Å². The number of nitrogens with one attached hydrogen (secondary N) is 1. The highest BCUT2D eigenvalue weighted by molar-refractivity contribution is 5.46. The van der Waals surface area contributed by atoms with Crippen LogP contribution in [0.15, 0.2) is 42.6 Å². The molecule has 0 spiro atoms. The Hall–Kier alpha value is -2.60. The SMILES string of the molecule is COc1cccc(CNC(C)c2nnc3ccccn23)c1OC(C)C. The average molecular weight is 340 g/mol. The maximum absolute atomic E-state index is 5.96. The molecule has 1 aromatic carbocycles. The molecular weight excluding hydrogens is 316 g/mol. The van der Waals surface area contributed by atoms with Crippen LogP contribution in [-0.4, -0.2) is 27.8 Å². The first-order valence-corrected chi connectivity index (χ1v) is 8.45. The van der Waals surface area contributed by atoms with Gasteiger partial charge in [-0.3, -0.25) is 4.40 Å². The maximum atomic E-state index is 5.96. The molecule has 0 radical (unpaired) electrons. The molecule has 0 bridgehead atoms. The van der Waals surface area contributed by atoms with E-state index in [1.165, 1.54) is 0 Å². The van der Waals surface area contributed by atoms with Crippen molar-refractivity contribution in [3.63, 3.8) is 0 Å². The van der Waals surface area contributed by atoms with Crippen molar-refractivity contribution in [2.24, 2.45) is 0 Å². The summed E-state index contributed by atoms with van der Waals surface area (Å²) in [6, 6.07) is 11.8. The molecule has 0 fully saturated rings. The molecule has 1 N–H and O–H groups in total. The maximum Gasteiger partial charge on any atom is 0.166 e. The zero-order valence-electron chi connectivity index (χ0n) is 15.1. The molecule has 1 atom stereocenters. The van der Waals surface area contributed by atoms with E-state index in [0.717, 1.165) is 28.5 Å². The summed E-state index contributed by atoms with van der Waals surface area (Å²) in [4.78, 5) is 0. The molecule has 0 aliphatic carbocycles. The van der Waals surface area contributed by atoms with E-state index < -0.39 is 0 Å². The van der Waals surface area contributed by atoms with Crippen LogP contribution in [0.1, 0.15) is 38.2 Å². The van der Waals surface area contributed by atoms with Crippen molar-refractivity contribution in [2.75, 3.05) is 7.11 Å². The number of hydrogen-bond acceptors (Lipinski definition) is 5. The van der Waals surface area contributed by atoms with Crippen LogP contribution >= 0.6 is 0 Å². The van der Waals surface area contributed by atoms with Gasteiger partial charge < -0.3 is 14.8 Å². The zero-order chi connectivity index (χ0) is 17.8. The number of rotatable bonds is 7. The third kappa shape index (κ3) is 3.74. The summed E-state index contributed by atoms with van der Waals surface area (Å²) in [5, 5.41) is 12.0. The number of aromatic nitrogens is 3. The van der Waals surface area contributed by atoms with Gasteiger partial charge >= 0.3 is 0 Å². The van der Waals surface area contributed by atoms with Crippen molar-refractivity contribution in [3.05, 3.63) is 54.0 Å². The normalized spacial score (nSPS) is 12.5. The van der Waals surface area contributed by atoms with Gasteiger partial charge in [-0.25, -0.2) is 0 Å². The van der Waals surface area contributed by atoms with Gasteiger partial charge in [0.05, 0.1) is 19.3 Å². The lowest BCUT2D eigenvalue weighted by molar-refractivity contribution is 0.227. The number of para-hydroxylation sites is 1. The van der Waals surface area contributed by atoms with Crippen LogP contribution in [0.2, 0.25) is 0 Å². The predicted octanol–water partition coefficient (Wildman–Crippen LogP) is 3.38. The summed E-state index contributed by atoms with van der Waals surface area (Å²) in [5.74, 6) is 2.41. The van der Waals surface area contributed by atoms with Gasteiger partial charge in [0.2, 0.25) is 0 Å². The smallest absolute Gasteiger partial charge is 0.166 e. The minimum atomic E-state index is 0.0375. The van der Waals surface area contributed by atoms with E-state index >= 15 is 0 Å². The molecule has 3 aromatic rings. The number of ether oxygens (including phenoxy) is 2. The number of pyridine rings is 1. The van der Waals surface area contributed by atoms with Crippen LogP contribution in [0.25, 0.3) is 5.65 Å². The highest BCUT2D eigenvalue weighted by Gasteiger charge is 2.16. The van der Waals surface area contributed by atoms with E-state index in [0.29, 0.717) is 6.54 Å². The molecule has 2 heterocycles. The first-order chi connectivity index (χ1) is 12.1. The molecule has 6 heteroatoms. The number of benzene rings is 1. The fraction of sp³-hybridized carbons (Fsp3) is 0.368. The topological polar surface area (TPSA) is 60.7 Å². The van der Waals surface area contributed by atoms with Crippen molar-refractivity contribution < 1.29 is 9.47 Å². The van der Waals surface area contributed by atoms with Gasteiger partial charge in [-0.15, -0.1) is 10.2 Å². The van der Waals surface area contributed by atoms with E-state index in [2.05, 4.69) is 22.4 Å². The standard InChI is InChI=1S/C19H24N4O2/c1-13(2)25-18-15(8-7-9-16(18)24-4)12-20-14(3)19-22-21-17-10-5-6-11-23(17)19/h5-11,13-14,20H,12H2,1-4H3. The summed E-state index contributed by atoms with van der Waals surface area (Å²) >= 11 is 0. The molecule has 25 heavy (non-hydrogen) atoms. The Morgan fingerprint density at radius 2 is 1.92 bits per heavy atom. The number of hydrogen-bond donors (Lipinski definition) is 1. The Kier molecular flexibility index (Phi) is 5.19. The van der Waals surface area contributed by atoms with Crippen molar-refractivity contribution in [3.8, 4) is 11.5 Å². The minimum Gasteiger partial charge on any atom is -0.493 e. The Bertz CT molecular complexity index is 844. The second-order valence-corrected chi connectivity index (χ2v) is 6.20. The molecule has 132 valence electrons. The van der Waals surface area contributed by atoms with E-state index in [4.69, 9.17) is 9.47 Å². The third-order valence-electron chi connectivity index (χ3n) is 3.96. The Labute approximate surface area is 147 Å². The van der Waals surface area contributed by atoms with Crippen molar-refractivity contribution in [1.82, 2.24) is 19.9 Å². The summed E-state index contributed by atoms with van der Waals surface area (Å²) < 4.78 is 13.4. The number of fused-ring (bicyclic) bond motifs is 1. The molecule has 1 unspecified atom stereocenters. The van der Waals surface area contributed by atoms with E-state index in [-0.39, 0.29) is 12.1 Å². The van der Waals surface area contributed by atoms with Crippen LogP contribution in [-0.2, 0) is 6.54 Å². The first kappa shape index (κ1) is 17.2. The summed E-state index contributed by atoms with van der Waals surface area (Å²) in [7, 11) is 1.66. The zero-order valence-corrected chi connectivity index (χ0v) is 15.1. The lowest BCUT2D eigenvalue weighted by Crippen LogP contribution is -2.21. The second kappa shape index (κ2) is 7.53. The van der Waals surface area contributed by atoms with Gasteiger partial charge in [-0.2, -0.15) is 0 Å². The largest absolute Gasteiger partial charge is 0.493 e. The van der Waals surface area contributed by atoms with E-state index in [1.54, 1.807) is 7.11 Å². The molecular formula is C19H24N4O2. The molecule has 0 amide bonds. The molecule has 0 aliphatic heterocycles. The predicted molar refractivity (Wildman–Crippen MR) is 97.0 cm³/mol. The highest BCUT2D eigenvalue weighted by Crippen LogP contribution is 2.32. The molecule has 0 aliphatic rings. The van der Waals surface area contributed by atoms with Crippen LogP contribution in [0, 0.1) is 0 Å². The number of nitrogens with zero attached hydrogens (tertiary/aromatic N) is 3. The number of methoxy groups -OCH3 is 1. The summed E-state index contributed by atoms with van der Waals surface area (Å²) in [5.41, 5.74) is 1.89. The Morgan fingerprint density at radius 1 is 1.08 bits per heavy atom. The van der Waals surface area contributed by atoms with Crippen LogP contribution in [0.4, 0.5) is 0 Å². The van der Waals surface area contributed by atoms with Crippen molar-refractivity contribution in [1.29, 1.82) is 0 Å². The molecule has 2 aromatic heterocycles. The molecule has 3 rings (SSSR count). The first-order valence-electron chi connectivity index (χ1n) is 8.45. The van der Waals surface area contributed by atoms with Gasteiger partial charge in [-0.05, 0) is 39.0 Å². The van der Waals surface area contributed by atoms with Crippen LogP contribution < -0.4 is 14.8 Å². The fourth-order valence-corrected chi connectivity index (χ4v) is 2.74. The Balaban J connectivity index is 1.79. The monoisotopic (exact) mass is 340 g/mol. The minimum absolute atomic E-state index is 0.0375. The van der Waals surface area contributed by atoms with E-state index in [1.807, 2.05) is 60.8 Å².